The van der Waals surface area contributed by atoms with Crippen LogP contribution in [0.2, 0.25) is 0 Å². The number of carbonyl (C=O) groups excluding carboxylic acids is 1. The Morgan fingerprint density at radius 1 is 1.21 bits per heavy atom. The first-order valence-corrected chi connectivity index (χ1v) is 8.24. The summed E-state index contributed by atoms with van der Waals surface area (Å²) in [5.41, 5.74) is 7.49. The van der Waals surface area contributed by atoms with E-state index < -0.39 is 0 Å². The summed E-state index contributed by atoms with van der Waals surface area (Å²) in [6.45, 7) is 0. The second-order valence-corrected chi connectivity index (χ2v) is 6.93. The van der Waals surface area contributed by atoms with E-state index in [1.807, 2.05) is 0 Å². The van der Waals surface area contributed by atoms with Crippen molar-refractivity contribution in [2.45, 2.75) is 63.5 Å². The van der Waals surface area contributed by atoms with E-state index in [4.69, 9.17) is 5.73 Å². The fourth-order valence-electron chi connectivity index (χ4n) is 3.18. The molecule has 1 aromatic rings. The SMILES string of the molecule is N[C@@H]1CCCC[C@H]1NC(=O)c1cc2c(s1)CCCC2. The fourth-order valence-corrected chi connectivity index (χ4v) is 4.34. The fraction of sp³-hybridized carbons (Fsp3) is 0.667. The summed E-state index contributed by atoms with van der Waals surface area (Å²) in [7, 11) is 0. The monoisotopic (exact) mass is 278 g/mol. The summed E-state index contributed by atoms with van der Waals surface area (Å²) < 4.78 is 0. The molecule has 3 nitrogen and oxygen atoms in total. The Morgan fingerprint density at radius 2 is 2.00 bits per heavy atom. The zero-order valence-electron chi connectivity index (χ0n) is 11.3. The maximum absolute atomic E-state index is 12.3. The molecule has 1 saturated carbocycles. The van der Waals surface area contributed by atoms with Gasteiger partial charge in [-0.2, -0.15) is 0 Å². The molecule has 104 valence electrons. The van der Waals surface area contributed by atoms with Gasteiger partial charge in [0.05, 0.1) is 4.88 Å². The summed E-state index contributed by atoms with van der Waals surface area (Å²) in [4.78, 5) is 14.6. The highest BCUT2D eigenvalue weighted by molar-refractivity contribution is 7.14. The van der Waals surface area contributed by atoms with Crippen LogP contribution >= 0.6 is 11.3 Å². The highest BCUT2D eigenvalue weighted by atomic mass is 32.1. The highest BCUT2D eigenvalue weighted by Gasteiger charge is 2.25. The molecule has 3 rings (SSSR count). The van der Waals surface area contributed by atoms with Gasteiger partial charge in [0.25, 0.3) is 5.91 Å². The first-order chi connectivity index (χ1) is 9.24. The molecule has 0 unspecified atom stereocenters. The van der Waals surface area contributed by atoms with Crippen LogP contribution in [0.25, 0.3) is 0 Å². The van der Waals surface area contributed by atoms with Gasteiger partial charge < -0.3 is 11.1 Å². The summed E-state index contributed by atoms with van der Waals surface area (Å²) in [5, 5.41) is 3.14. The molecule has 1 aromatic heterocycles. The minimum atomic E-state index is 0.0850. The second-order valence-electron chi connectivity index (χ2n) is 5.79. The van der Waals surface area contributed by atoms with Crippen LogP contribution in [0.3, 0.4) is 0 Å². The summed E-state index contributed by atoms with van der Waals surface area (Å²) in [6.07, 6.45) is 9.25. The molecule has 1 heterocycles. The van der Waals surface area contributed by atoms with Gasteiger partial charge in [-0.3, -0.25) is 4.79 Å². The van der Waals surface area contributed by atoms with Crippen molar-refractivity contribution in [1.29, 1.82) is 0 Å². The molecule has 2 atom stereocenters. The highest BCUT2D eigenvalue weighted by Crippen LogP contribution is 2.30. The van der Waals surface area contributed by atoms with Crippen molar-refractivity contribution in [3.05, 3.63) is 21.4 Å². The Hall–Kier alpha value is -0.870. The van der Waals surface area contributed by atoms with Crippen LogP contribution in [0.15, 0.2) is 6.07 Å². The van der Waals surface area contributed by atoms with Crippen LogP contribution in [-0.2, 0) is 12.8 Å². The van der Waals surface area contributed by atoms with Gasteiger partial charge in [-0.15, -0.1) is 11.3 Å². The number of aryl methyl sites for hydroxylation is 2. The van der Waals surface area contributed by atoms with Crippen LogP contribution < -0.4 is 11.1 Å². The van der Waals surface area contributed by atoms with E-state index >= 15 is 0 Å². The van der Waals surface area contributed by atoms with Gasteiger partial charge in [0, 0.05) is 17.0 Å². The Morgan fingerprint density at radius 3 is 2.79 bits per heavy atom. The van der Waals surface area contributed by atoms with Crippen LogP contribution in [0.5, 0.6) is 0 Å². The third-order valence-corrected chi connectivity index (χ3v) is 5.59. The molecule has 4 heteroatoms. The van der Waals surface area contributed by atoms with Crippen molar-refractivity contribution < 1.29 is 4.79 Å². The lowest BCUT2D eigenvalue weighted by Crippen LogP contribution is -2.49. The summed E-state index contributed by atoms with van der Waals surface area (Å²) in [5.74, 6) is 0.0850. The van der Waals surface area contributed by atoms with Crippen LogP contribution in [-0.4, -0.2) is 18.0 Å². The predicted octanol–water partition coefficient (Wildman–Crippen LogP) is 2.63. The van der Waals surface area contributed by atoms with Crippen molar-refractivity contribution >= 4 is 17.2 Å². The van der Waals surface area contributed by atoms with Gasteiger partial charge in [0.1, 0.15) is 0 Å². The van der Waals surface area contributed by atoms with E-state index in [2.05, 4.69) is 11.4 Å². The lowest BCUT2D eigenvalue weighted by atomic mass is 9.91. The molecule has 0 aliphatic heterocycles. The molecule has 0 radical (unpaired) electrons. The Kier molecular flexibility index (Phi) is 3.89. The van der Waals surface area contributed by atoms with E-state index in [0.29, 0.717) is 0 Å². The molecule has 2 aliphatic rings. The topological polar surface area (TPSA) is 55.1 Å². The number of thiophene rings is 1. The quantitative estimate of drug-likeness (QED) is 0.873. The van der Waals surface area contributed by atoms with Gasteiger partial charge in [0.15, 0.2) is 0 Å². The van der Waals surface area contributed by atoms with Gasteiger partial charge in [-0.05, 0) is 50.2 Å². The zero-order chi connectivity index (χ0) is 13.2. The molecule has 2 aliphatic carbocycles. The molecule has 0 spiro atoms. The van der Waals surface area contributed by atoms with E-state index in [0.717, 1.165) is 30.6 Å². The number of hydrogen-bond acceptors (Lipinski definition) is 3. The molecule has 0 saturated heterocycles. The van der Waals surface area contributed by atoms with Gasteiger partial charge in [-0.25, -0.2) is 0 Å². The van der Waals surface area contributed by atoms with Crippen molar-refractivity contribution in [1.82, 2.24) is 5.32 Å². The molecule has 0 aromatic carbocycles. The Bertz CT molecular complexity index is 445. The maximum atomic E-state index is 12.3. The molecule has 19 heavy (non-hydrogen) atoms. The van der Waals surface area contributed by atoms with Crippen LogP contribution in [0, 0.1) is 0 Å². The minimum Gasteiger partial charge on any atom is -0.347 e. The summed E-state index contributed by atoms with van der Waals surface area (Å²) >= 11 is 1.68. The van der Waals surface area contributed by atoms with Gasteiger partial charge in [-0.1, -0.05) is 12.8 Å². The van der Waals surface area contributed by atoms with E-state index in [1.165, 1.54) is 36.1 Å². The molecular formula is C15H22N2OS. The third kappa shape index (κ3) is 2.84. The number of carbonyl (C=O) groups is 1. The summed E-state index contributed by atoms with van der Waals surface area (Å²) in [6, 6.07) is 2.40. The van der Waals surface area contributed by atoms with Crippen LogP contribution in [0.4, 0.5) is 0 Å². The normalized spacial score (nSPS) is 26.8. The predicted molar refractivity (Wildman–Crippen MR) is 78.7 cm³/mol. The number of nitrogens with one attached hydrogen (secondary N) is 1. The number of rotatable bonds is 2. The zero-order valence-corrected chi connectivity index (χ0v) is 12.1. The van der Waals surface area contributed by atoms with Gasteiger partial charge in [0.2, 0.25) is 0 Å². The number of nitrogens with two attached hydrogens (primary N) is 1. The van der Waals surface area contributed by atoms with Crippen molar-refractivity contribution in [3.8, 4) is 0 Å². The molecule has 3 N–H and O–H groups in total. The smallest absolute Gasteiger partial charge is 0.261 e. The molecular weight excluding hydrogens is 256 g/mol. The number of fused-ring (bicyclic) bond motifs is 1. The van der Waals surface area contributed by atoms with E-state index in [-0.39, 0.29) is 18.0 Å². The first-order valence-electron chi connectivity index (χ1n) is 7.42. The maximum Gasteiger partial charge on any atom is 0.261 e. The lowest BCUT2D eigenvalue weighted by molar-refractivity contribution is 0.0925. The Labute approximate surface area is 118 Å². The average Bonchev–Trinajstić information content (AvgIpc) is 2.85. The lowest BCUT2D eigenvalue weighted by Gasteiger charge is -2.29. The van der Waals surface area contributed by atoms with E-state index in [1.54, 1.807) is 11.3 Å². The largest absolute Gasteiger partial charge is 0.347 e. The number of amides is 1. The number of hydrogen-bond donors (Lipinski definition) is 2. The molecule has 1 fully saturated rings. The van der Waals surface area contributed by atoms with Crippen molar-refractivity contribution in [2.75, 3.05) is 0 Å². The molecule has 1 amide bonds. The average molecular weight is 278 g/mol. The van der Waals surface area contributed by atoms with Gasteiger partial charge >= 0.3 is 0 Å². The third-order valence-electron chi connectivity index (χ3n) is 4.36. The van der Waals surface area contributed by atoms with Crippen molar-refractivity contribution in [2.24, 2.45) is 5.73 Å². The standard InChI is InChI=1S/C15H22N2OS/c16-11-6-2-3-7-12(11)17-15(18)14-9-10-5-1-4-8-13(10)19-14/h9,11-12H,1-8,16H2,(H,17,18)/t11-,12-/m1/s1. The first kappa shape index (κ1) is 13.1. The Balaban J connectivity index is 1.68. The van der Waals surface area contributed by atoms with E-state index in [9.17, 15) is 4.79 Å². The van der Waals surface area contributed by atoms with Crippen LogP contribution in [0.1, 0.15) is 58.6 Å². The molecule has 0 bridgehead atoms. The second kappa shape index (κ2) is 5.63. The minimum absolute atomic E-state index is 0.0850. The van der Waals surface area contributed by atoms with Crippen molar-refractivity contribution in [3.63, 3.8) is 0 Å².